The Kier molecular flexibility index (Phi) is 1.31. The van der Waals surface area contributed by atoms with Crippen LogP contribution in [0.15, 0.2) is 11.8 Å². The number of allylic oxidation sites excluding steroid dienone is 1. The highest BCUT2D eigenvalue weighted by molar-refractivity contribution is 5.99. The van der Waals surface area contributed by atoms with Gasteiger partial charge in [-0.25, -0.2) is 0 Å². The summed E-state index contributed by atoms with van der Waals surface area (Å²) in [5, 5.41) is 0. The van der Waals surface area contributed by atoms with Gasteiger partial charge >= 0.3 is 0 Å². The highest BCUT2D eigenvalue weighted by atomic mass is 16.1. The molecule has 2 aliphatic carbocycles. The molecule has 0 radical (unpaired) electrons. The normalized spacial score (nSPS) is 37.6. The van der Waals surface area contributed by atoms with Crippen molar-refractivity contribution in [3.8, 4) is 0 Å². The summed E-state index contributed by atoms with van der Waals surface area (Å²) < 4.78 is 0. The summed E-state index contributed by atoms with van der Waals surface area (Å²) in [6.07, 6.45) is 4.05. The number of rotatable bonds is 1. The average molecular weight is 151 g/mol. The minimum absolute atomic E-state index is 0.375. The van der Waals surface area contributed by atoms with Crippen molar-refractivity contribution < 1.29 is 4.79 Å². The zero-order chi connectivity index (χ0) is 8.01. The van der Waals surface area contributed by atoms with Crippen LogP contribution in [-0.4, -0.2) is 24.8 Å². The standard InChI is InChI=1S/C9H13NO/c1-10(2)5-8-7-3-6(7)4-9(8)11/h5-7H,3-4H2,1-2H3/b8-5+. The fraction of sp³-hybridized carbons (Fsp3) is 0.667. The van der Waals surface area contributed by atoms with Crippen LogP contribution in [0.1, 0.15) is 12.8 Å². The zero-order valence-electron chi connectivity index (χ0n) is 7.00. The molecule has 2 fully saturated rings. The Morgan fingerprint density at radius 3 is 2.73 bits per heavy atom. The fourth-order valence-electron chi connectivity index (χ4n) is 1.86. The van der Waals surface area contributed by atoms with Gasteiger partial charge in [0.25, 0.3) is 0 Å². The second kappa shape index (κ2) is 2.10. The largest absolute Gasteiger partial charge is 0.383 e. The first kappa shape index (κ1) is 6.89. The molecule has 0 saturated heterocycles. The van der Waals surface area contributed by atoms with Crippen LogP contribution in [-0.2, 0) is 4.79 Å². The predicted molar refractivity (Wildman–Crippen MR) is 43.0 cm³/mol. The SMILES string of the molecule is CN(C)/C=C1/C(=O)CC2CC12. The van der Waals surface area contributed by atoms with Gasteiger partial charge in [-0.15, -0.1) is 0 Å². The van der Waals surface area contributed by atoms with E-state index in [2.05, 4.69) is 0 Å². The molecule has 0 aliphatic heterocycles. The van der Waals surface area contributed by atoms with Crippen molar-refractivity contribution in [2.75, 3.05) is 14.1 Å². The highest BCUT2D eigenvalue weighted by Gasteiger charge is 2.49. The van der Waals surface area contributed by atoms with Gasteiger partial charge in [0, 0.05) is 32.3 Å². The predicted octanol–water partition coefficient (Wildman–Crippen LogP) is 1.04. The smallest absolute Gasteiger partial charge is 0.160 e. The number of carbonyl (C=O) groups is 1. The van der Waals surface area contributed by atoms with E-state index in [9.17, 15) is 4.79 Å². The van der Waals surface area contributed by atoms with Crippen LogP contribution in [0, 0.1) is 11.8 Å². The van der Waals surface area contributed by atoms with Crippen molar-refractivity contribution in [2.45, 2.75) is 12.8 Å². The lowest BCUT2D eigenvalue weighted by molar-refractivity contribution is -0.115. The number of Topliss-reactive ketones (excluding diaryl/α,β-unsaturated/α-hetero) is 1. The van der Waals surface area contributed by atoms with Gasteiger partial charge in [0.15, 0.2) is 5.78 Å². The Morgan fingerprint density at radius 1 is 1.55 bits per heavy atom. The van der Waals surface area contributed by atoms with Crippen LogP contribution >= 0.6 is 0 Å². The van der Waals surface area contributed by atoms with Crippen LogP contribution in [0.3, 0.4) is 0 Å². The van der Waals surface area contributed by atoms with E-state index >= 15 is 0 Å². The lowest BCUT2D eigenvalue weighted by atomic mass is 10.1. The number of ketones is 1. The van der Waals surface area contributed by atoms with E-state index in [0.717, 1.165) is 12.0 Å². The van der Waals surface area contributed by atoms with Crippen molar-refractivity contribution >= 4 is 5.78 Å². The molecular formula is C9H13NO. The molecule has 0 spiro atoms. The van der Waals surface area contributed by atoms with Crippen LogP contribution in [0.25, 0.3) is 0 Å². The highest BCUT2D eigenvalue weighted by Crippen LogP contribution is 2.53. The average Bonchev–Trinajstić information content (AvgIpc) is 2.56. The minimum Gasteiger partial charge on any atom is -0.383 e. The van der Waals surface area contributed by atoms with Crippen LogP contribution < -0.4 is 0 Å². The van der Waals surface area contributed by atoms with Gasteiger partial charge in [-0.2, -0.15) is 0 Å². The van der Waals surface area contributed by atoms with Crippen molar-refractivity contribution in [3.05, 3.63) is 11.8 Å². The van der Waals surface area contributed by atoms with E-state index in [4.69, 9.17) is 0 Å². The van der Waals surface area contributed by atoms with E-state index in [1.54, 1.807) is 0 Å². The fourth-order valence-corrected chi connectivity index (χ4v) is 1.86. The summed E-state index contributed by atoms with van der Waals surface area (Å²) in [5.41, 5.74) is 1.07. The molecule has 2 unspecified atom stereocenters. The summed E-state index contributed by atoms with van der Waals surface area (Å²) in [7, 11) is 3.94. The Balaban J connectivity index is 2.18. The van der Waals surface area contributed by atoms with E-state index in [1.807, 2.05) is 25.2 Å². The van der Waals surface area contributed by atoms with E-state index in [0.29, 0.717) is 17.6 Å². The molecule has 60 valence electrons. The molecule has 2 saturated carbocycles. The Morgan fingerprint density at radius 2 is 2.27 bits per heavy atom. The number of fused-ring (bicyclic) bond motifs is 1. The van der Waals surface area contributed by atoms with Crippen LogP contribution in [0.4, 0.5) is 0 Å². The molecule has 0 amide bonds. The number of hydrogen-bond donors (Lipinski definition) is 0. The Hall–Kier alpha value is -0.790. The summed E-state index contributed by atoms with van der Waals surface area (Å²) in [4.78, 5) is 13.2. The molecule has 11 heavy (non-hydrogen) atoms. The Labute approximate surface area is 66.9 Å². The molecule has 2 atom stereocenters. The maximum Gasteiger partial charge on any atom is 0.160 e. The van der Waals surface area contributed by atoms with Gasteiger partial charge in [-0.05, 0) is 18.3 Å². The first-order chi connectivity index (χ1) is 5.18. The van der Waals surface area contributed by atoms with E-state index in [-0.39, 0.29) is 0 Å². The maximum atomic E-state index is 11.3. The molecule has 2 heteroatoms. The molecule has 0 aromatic carbocycles. The molecule has 0 bridgehead atoms. The quantitative estimate of drug-likeness (QED) is 0.522. The van der Waals surface area contributed by atoms with Crippen molar-refractivity contribution in [3.63, 3.8) is 0 Å². The van der Waals surface area contributed by atoms with Crippen molar-refractivity contribution in [1.29, 1.82) is 0 Å². The van der Waals surface area contributed by atoms with Gasteiger partial charge in [-0.1, -0.05) is 0 Å². The van der Waals surface area contributed by atoms with Gasteiger partial charge in [0.1, 0.15) is 0 Å². The van der Waals surface area contributed by atoms with Gasteiger partial charge in [-0.3, -0.25) is 4.79 Å². The third-order valence-electron chi connectivity index (χ3n) is 2.49. The monoisotopic (exact) mass is 151 g/mol. The van der Waals surface area contributed by atoms with Gasteiger partial charge < -0.3 is 4.90 Å². The van der Waals surface area contributed by atoms with Crippen molar-refractivity contribution in [1.82, 2.24) is 4.90 Å². The first-order valence-electron chi connectivity index (χ1n) is 4.10. The third-order valence-corrected chi connectivity index (χ3v) is 2.49. The molecule has 0 heterocycles. The number of nitrogens with zero attached hydrogens (tertiary/aromatic N) is 1. The Bertz CT molecular complexity index is 230. The number of carbonyl (C=O) groups excluding carboxylic acids is 1. The van der Waals surface area contributed by atoms with Gasteiger partial charge in [0.2, 0.25) is 0 Å². The molecule has 0 aromatic heterocycles. The molecular weight excluding hydrogens is 138 g/mol. The summed E-state index contributed by atoms with van der Waals surface area (Å²) >= 11 is 0. The summed E-state index contributed by atoms with van der Waals surface area (Å²) in [6.45, 7) is 0. The second-order valence-corrected chi connectivity index (χ2v) is 3.78. The molecule has 2 nitrogen and oxygen atoms in total. The topological polar surface area (TPSA) is 20.3 Å². The van der Waals surface area contributed by atoms with Crippen LogP contribution in [0.5, 0.6) is 0 Å². The molecule has 2 rings (SSSR count). The van der Waals surface area contributed by atoms with Gasteiger partial charge in [0.05, 0.1) is 0 Å². The lowest BCUT2D eigenvalue weighted by Crippen LogP contribution is -2.07. The van der Waals surface area contributed by atoms with Crippen LogP contribution in [0.2, 0.25) is 0 Å². The van der Waals surface area contributed by atoms with E-state index in [1.165, 1.54) is 6.42 Å². The molecule has 0 aromatic rings. The van der Waals surface area contributed by atoms with Crippen molar-refractivity contribution in [2.24, 2.45) is 11.8 Å². The first-order valence-corrected chi connectivity index (χ1v) is 4.10. The zero-order valence-corrected chi connectivity index (χ0v) is 7.00. The second-order valence-electron chi connectivity index (χ2n) is 3.78. The molecule has 2 aliphatic rings. The lowest BCUT2D eigenvalue weighted by Gasteiger charge is -2.06. The summed E-state index contributed by atoms with van der Waals surface area (Å²) in [6, 6.07) is 0. The molecule has 0 N–H and O–H groups in total. The minimum atomic E-state index is 0.375. The summed E-state index contributed by atoms with van der Waals surface area (Å²) in [5.74, 6) is 1.72. The number of hydrogen-bond acceptors (Lipinski definition) is 2. The maximum absolute atomic E-state index is 11.3. The van der Waals surface area contributed by atoms with E-state index < -0.39 is 0 Å². The third kappa shape index (κ3) is 1.06.